The largest absolute Gasteiger partial charge is 0.356 e. The molecule has 0 atom stereocenters. The molecule has 0 spiro atoms. The Hall–Kier alpha value is -2.11. The van der Waals surface area contributed by atoms with E-state index in [1.807, 2.05) is 6.92 Å². The fraction of sp³-hybridized carbons (Fsp3) is 0.300. The van der Waals surface area contributed by atoms with Gasteiger partial charge < -0.3 is 4.52 Å². The van der Waals surface area contributed by atoms with E-state index in [1.165, 1.54) is 10.8 Å². The van der Waals surface area contributed by atoms with Gasteiger partial charge in [-0.3, -0.25) is 14.3 Å². The molecule has 0 saturated carbocycles. The Morgan fingerprint density at radius 3 is 2.81 bits per heavy atom. The summed E-state index contributed by atoms with van der Waals surface area (Å²) in [6.45, 7) is 4.03. The molecule has 84 valence electrons. The fourth-order valence-corrected chi connectivity index (χ4v) is 1.69. The predicted octanol–water partition coefficient (Wildman–Crippen LogP) is 0.520. The van der Waals surface area contributed by atoms with Crippen molar-refractivity contribution in [2.24, 2.45) is 0 Å². The smallest absolute Gasteiger partial charge is 0.328 e. The van der Waals surface area contributed by atoms with Crippen LogP contribution >= 0.6 is 0 Å². The lowest BCUT2D eigenvalue weighted by atomic mass is 10.2. The molecule has 6 nitrogen and oxygen atoms in total. The maximum atomic E-state index is 11.7. The highest BCUT2D eigenvalue weighted by Gasteiger charge is 2.14. The lowest BCUT2D eigenvalue weighted by Crippen LogP contribution is -2.32. The molecule has 6 heteroatoms. The highest BCUT2D eigenvalue weighted by Crippen LogP contribution is 2.16. The van der Waals surface area contributed by atoms with Crippen molar-refractivity contribution in [1.82, 2.24) is 14.7 Å². The summed E-state index contributed by atoms with van der Waals surface area (Å²) in [6, 6.07) is 1.59. The van der Waals surface area contributed by atoms with Crippen molar-refractivity contribution >= 4 is 0 Å². The van der Waals surface area contributed by atoms with Gasteiger partial charge in [0.2, 0.25) is 0 Å². The quantitative estimate of drug-likeness (QED) is 0.801. The number of aromatic amines is 1. The molecule has 0 radical (unpaired) electrons. The fourth-order valence-electron chi connectivity index (χ4n) is 1.69. The van der Waals surface area contributed by atoms with Crippen molar-refractivity contribution < 1.29 is 4.52 Å². The number of nitrogens with zero attached hydrogens (tertiary/aromatic N) is 2. The highest BCUT2D eigenvalue weighted by atomic mass is 16.5. The molecule has 0 bridgehead atoms. The number of nitrogens with one attached hydrogen (secondary N) is 1. The van der Waals surface area contributed by atoms with Crippen molar-refractivity contribution in [3.05, 3.63) is 38.8 Å². The third kappa shape index (κ3) is 1.48. The summed E-state index contributed by atoms with van der Waals surface area (Å²) in [4.78, 5) is 25.4. The summed E-state index contributed by atoms with van der Waals surface area (Å²) in [7, 11) is 0. The van der Waals surface area contributed by atoms with Crippen molar-refractivity contribution in [2.75, 3.05) is 0 Å². The van der Waals surface area contributed by atoms with E-state index in [2.05, 4.69) is 10.1 Å². The first kappa shape index (κ1) is 10.4. The number of rotatable bonds is 2. The maximum absolute atomic E-state index is 11.7. The molecule has 2 aromatic rings. The molecule has 2 aromatic heterocycles. The molecule has 2 heterocycles. The molecular formula is C10H11N3O3. The zero-order chi connectivity index (χ0) is 11.7. The Kier molecular flexibility index (Phi) is 2.47. The van der Waals surface area contributed by atoms with Crippen LogP contribution < -0.4 is 11.2 Å². The summed E-state index contributed by atoms with van der Waals surface area (Å²) in [5.41, 5.74) is 0.0594. The molecular weight excluding hydrogens is 210 g/mol. The van der Waals surface area contributed by atoms with E-state index in [-0.39, 0.29) is 0 Å². The van der Waals surface area contributed by atoms with Gasteiger partial charge in [0, 0.05) is 18.3 Å². The third-order valence-electron chi connectivity index (χ3n) is 2.46. The van der Waals surface area contributed by atoms with E-state index < -0.39 is 11.2 Å². The van der Waals surface area contributed by atoms with Crippen LogP contribution in [0.4, 0.5) is 0 Å². The molecule has 0 aliphatic rings. The third-order valence-corrected chi connectivity index (χ3v) is 2.46. The first-order valence-electron chi connectivity index (χ1n) is 4.90. The molecule has 0 fully saturated rings. The van der Waals surface area contributed by atoms with E-state index in [4.69, 9.17) is 4.52 Å². The van der Waals surface area contributed by atoms with E-state index in [1.54, 1.807) is 13.0 Å². The Morgan fingerprint density at radius 2 is 2.25 bits per heavy atom. The van der Waals surface area contributed by atoms with Gasteiger partial charge in [-0.2, -0.15) is 0 Å². The van der Waals surface area contributed by atoms with Crippen LogP contribution in [0.15, 0.2) is 26.4 Å². The van der Waals surface area contributed by atoms with E-state index in [0.717, 1.165) is 0 Å². The van der Waals surface area contributed by atoms with Gasteiger partial charge in [-0.05, 0) is 13.8 Å². The zero-order valence-electron chi connectivity index (χ0n) is 8.98. The monoisotopic (exact) mass is 221 g/mol. The number of aromatic nitrogens is 3. The van der Waals surface area contributed by atoms with Gasteiger partial charge >= 0.3 is 5.69 Å². The zero-order valence-corrected chi connectivity index (χ0v) is 8.98. The van der Waals surface area contributed by atoms with Crippen LogP contribution in [0.1, 0.15) is 12.6 Å². The second kappa shape index (κ2) is 3.80. The molecule has 0 saturated heterocycles. The highest BCUT2D eigenvalue weighted by molar-refractivity contribution is 5.57. The van der Waals surface area contributed by atoms with Gasteiger partial charge in [0.25, 0.3) is 5.56 Å². The summed E-state index contributed by atoms with van der Waals surface area (Å²) in [5, 5.41) is 3.54. The van der Waals surface area contributed by atoms with Crippen LogP contribution in [-0.2, 0) is 6.54 Å². The summed E-state index contributed by atoms with van der Waals surface area (Å²) >= 11 is 0. The molecule has 0 amide bonds. The molecule has 1 N–H and O–H groups in total. The molecule has 16 heavy (non-hydrogen) atoms. The summed E-state index contributed by atoms with van der Waals surface area (Å²) in [5.74, 6) is 0.362. The lowest BCUT2D eigenvalue weighted by Gasteiger charge is -2.08. The van der Waals surface area contributed by atoms with Crippen LogP contribution in [0.25, 0.3) is 11.3 Å². The molecule has 2 rings (SSSR count). The summed E-state index contributed by atoms with van der Waals surface area (Å²) < 4.78 is 6.41. The van der Waals surface area contributed by atoms with Crippen LogP contribution in [0.2, 0.25) is 0 Å². The van der Waals surface area contributed by atoms with E-state index in [0.29, 0.717) is 23.6 Å². The van der Waals surface area contributed by atoms with Gasteiger partial charge in [0.15, 0.2) is 5.76 Å². The second-order valence-electron chi connectivity index (χ2n) is 3.34. The van der Waals surface area contributed by atoms with Gasteiger partial charge in [0.05, 0.1) is 6.20 Å². The average Bonchev–Trinajstić information content (AvgIpc) is 2.70. The van der Waals surface area contributed by atoms with Crippen LogP contribution in [-0.4, -0.2) is 14.7 Å². The first-order chi connectivity index (χ1) is 7.65. The lowest BCUT2D eigenvalue weighted by molar-refractivity contribution is 0.430. The van der Waals surface area contributed by atoms with Gasteiger partial charge in [-0.15, -0.1) is 0 Å². The summed E-state index contributed by atoms with van der Waals surface area (Å²) in [6.07, 6.45) is 1.45. The maximum Gasteiger partial charge on any atom is 0.328 e. The molecule has 0 aromatic carbocycles. The number of H-pyrrole nitrogens is 1. The Bertz CT molecular complexity index is 607. The number of hydrogen-bond donors (Lipinski definition) is 1. The van der Waals surface area contributed by atoms with Gasteiger partial charge in [-0.25, -0.2) is 4.79 Å². The topological polar surface area (TPSA) is 80.9 Å². The SMILES string of the molecule is CCn1c(C)c(-c2ccno2)c(=O)[nH]c1=O. The molecule has 0 aliphatic heterocycles. The van der Waals surface area contributed by atoms with Crippen molar-refractivity contribution in [3.63, 3.8) is 0 Å². The minimum atomic E-state index is -0.455. The van der Waals surface area contributed by atoms with Gasteiger partial charge in [-0.1, -0.05) is 5.16 Å². The van der Waals surface area contributed by atoms with Crippen LogP contribution in [0.5, 0.6) is 0 Å². The van der Waals surface area contributed by atoms with Gasteiger partial charge in [0.1, 0.15) is 5.56 Å². The first-order valence-corrected chi connectivity index (χ1v) is 4.90. The van der Waals surface area contributed by atoms with E-state index >= 15 is 0 Å². The Morgan fingerprint density at radius 1 is 1.50 bits per heavy atom. The minimum absolute atomic E-state index is 0.346. The number of hydrogen-bond acceptors (Lipinski definition) is 4. The van der Waals surface area contributed by atoms with E-state index in [9.17, 15) is 9.59 Å². The Labute approximate surface area is 90.5 Å². The normalized spacial score (nSPS) is 10.6. The van der Waals surface area contributed by atoms with Crippen molar-refractivity contribution in [1.29, 1.82) is 0 Å². The van der Waals surface area contributed by atoms with Crippen LogP contribution in [0.3, 0.4) is 0 Å². The average molecular weight is 221 g/mol. The van der Waals surface area contributed by atoms with Crippen molar-refractivity contribution in [2.45, 2.75) is 20.4 Å². The van der Waals surface area contributed by atoms with Crippen LogP contribution in [0, 0.1) is 6.92 Å². The standard InChI is InChI=1S/C10H11N3O3/c1-3-13-6(2)8(7-4-5-11-16-7)9(14)12-10(13)15/h4-5H,3H2,1-2H3,(H,12,14,15). The minimum Gasteiger partial charge on any atom is -0.356 e. The second-order valence-corrected chi connectivity index (χ2v) is 3.34. The predicted molar refractivity (Wildman–Crippen MR) is 57.2 cm³/mol. The van der Waals surface area contributed by atoms with Crippen molar-refractivity contribution in [3.8, 4) is 11.3 Å². The Balaban J connectivity index is 2.81. The molecule has 0 aliphatic carbocycles. The molecule has 0 unspecified atom stereocenters.